The molecule has 0 saturated heterocycles. The number of hydrogen-bond acceptors (Lipinski definition) is 3. The summed E-state index contributed by atoms with van der Waals surface area (Å²) in [5, 5.41) is 1.54. The fourth-order valence-electron chi connectivity index (χ4n) is 1.41. The molecular formula is C11H5F3INOS. The molecule has 2 heterocycles. The highest BCUT2D eigenvalue weighted by molar-refractivity contribution is 14.1. The molecule has 0 aliphatic heterocycles. The molecule has 0 bridgehead atoms. The van der Waals surface area contributed by atoms with Gasteiger partial charge in [-0.3, -0.25) is 9.78 Å². The lowest BCUT2D eigenvalue weighted by molar-refractivity contribution is -0.137. The van der Waals surface area contributed by atoms with Crippen molar-refractivity contribution < 1.29 is 18.0 Å². The Morgan fingerprint density at radius 2 is 2.11 bits per heavy atom. The van der Waals surface area contributed by atoms with Gasteiger partial charge in [0.1, 0.15) is 0 Å². The smallest absolute Gasteiger partial charge is 0.289 e. The minimum absolute atomic E-state index is 0.253. The van der Waals surface area contributed by atoms with Crippen LogP contribution in [0.3, 0.4) is 0 Å². The zero-order chi connectivity index (χ0) is 13.3. The Kier molecular flexibility index (Phi) is 3.71. The third-order valence-electron chi connectivity index (χ3n) is 2.20. The van der Waals surface area contributed by atoms with Crippen LogP contribution in [-0.2, 0) is 6.18 Å². The van der Waals surface area contributed by atoms with Gasteiger partial charge in [-0.2, -0.15) is 13.2 Å². The van der Waals surface area contributed by atoms with Crippen molar-refractivity contribution in [1.82, 2.24) is 4.98 Å². The average molecular weight is 383 g/mol. The standard InChI is InChI=1S/C11H5F3INOS/c12-11(13,14)8-1-2-16-4-7(8)10(17)6-3-9(15)18-5-6/h1-5H. The number of nitrogens with zero attached hydrogens (tertiary/aromatic N) is 1. The van der Waals surface area contributed by atoms with Crippen LogP contribution in [0.5, 0.6) is 0 Å². The van der Waals surface area contributed by atoms with Crippen molar-refractivity contribution in [2.75, 3.05) is 0 Å². The van der Waals surface area contributed by atoms with E-state index >= 15 is 0 Å². The summed E-state index contributed by atoms with van der Waals surface area (Å²) in [4.78, 5) is 15.6. The van der Waals surface area contributed by atoms with E-state index in [9.17, 15) is 18.0 Å². The molecule has 7 heteroatoms. The summed E-state index contributed by atoms with van der Waals surface area (Å²) in [6.45, 7) is 0. The molecule has 0 aliphatic rings. The highest BCUT2D eigenvalue weighted by atomic mass is 127. The predicted molar refractivity (Wildman–Crippen MR) is 69.7 cm³/mol. The maximum Gasteiger partial charge on any atom is 0.417 e. The molecular weight excluding hydrogens is 378 g/mol. The highest BCUT2D eigenvalue weighted by Gasteiger charge is 2.35. The number of carbonyl (C=O) groups is 1. The minimum Gasteiger partial charge on any atom is -0.289 e. The number of hydrogen-bond donors (Lipinski definition) is 0. The number of pyridine rings is 1. The second kappa shape index (κ2) is 4.96. The third-order valence-corrected chi connectivity index (χ3v) is 3.99. The Bertz CT molecular complexity index is 594. The van der Waals surface area contributed by atoms with Gasteiger partial charge >= 0.3 is 6.18 Å². The van der Waals surface area contributed by atoms with E-state index in [1.54, 1.807) is 6.07 Å². The van der Waals surface area contributed by atoms with Crippen molar-refractivity contribution >= 4 is 39.7 Å². The molecule has 0 fully saturated rings. The first-order valence-corrected chi connectivity index (χ1v) is 6.65. The van der Waals surface area contributed by atoms with Gasteiger partial charge in [-0.25, -0.2) is 0 Å². The van der Waals surface area contributed by atoms with Gasteiger partial charge in [0.05, 0.1) is 14.0 Å². The van der Waals surface area contributed by atoms with Crippen LogP contribution in [0.15, 0.2) is 29.9 Å². The number of alkyl halides is 3. The zero-order valence-corrected chi connectivity index (χ0v) is 11.6. The molecule has 0 spiro atoms. The Morgan fingerprint density at radius 3 is 2.67 bits per heavy atom. The molecule has 0 atom stereocenters. The van der Waals surface area contributed by atoms with Crippen LogP contribution >= 0.6 is 33.9 Å². The maximum atomic E-state index is 12.8. The molecule has 94 valence electrons. The first kappa shape index (κ1) is 13.5. The van der Waals surface area contributed by atoms with E-state index < -0.39 is 23.1 Å². The number of aromatic nitrogens is 1. The quantitative estimate of drug-likeness (QED) is 0.580. The van der Waals surface area contributed by atoms with Crippen molar-refractivity contribution in [3.63, 3.8) is 0 Å². The Labute approximate surface area is 118 Å². The van der Waals surface area contributed by atoms with Crippen molar-refractivity contribution in [2.45, 2.75) is 6.18 Å². The topological polar surface area (TPSA) is 30.0 Å². The van der Waals surface area contributed by atoms with Crippen LogP contribution in [0, 0.1) is 2.88 Å². The van der Waals surface area contributed by atoms with Crippen LogP contribution in [0.1, 0.15) is 21.5 Å². The largest absolute Gasteiger partial charge is 0.417 e. The van der Waals surface area contributed by atoms with E-state index in [4.69, 9.17) is 0 Å². The summed E-state index contributed by atoms with van der Waals surface area (Å²) >= 11 is 3.31. The number of rotatable bonds is 2. The average Bonchev–Trinajstić information content (AvgIpc) is 2.74. The molecule has 0 saturated carbocycles. The molecule has 2 aromatic rings. The first-order chi connectivity index (χ1) is 8.39. The van der Waals surface area contributed by atoms with Gasteiger partial charge in [-0.15, -0.1) is 11.3 Å². The van der Waals surface area contributed by atoms with E-state index in [0.29, 0.717) is 0 Å². The number of halogens is 4. The van der Waals surface area contributed by atoms with Crippen LogP contribution in [0.25, 0.3) is 0 Å². The van der Waals surface area contributed by atoms with Crippen molar-refractivity contribution in [3.8, 4) is 0 Å². The molecule has 2 nitrogen and oxygen atoms in total. The minimum atomic E-state index is -4.56. The monoisotopic (exact) mass is 383 g/mol. The fraction of sp³-hybridized carbons (Fsp3) is 0.0909. The molecule has 18 heavy (non-hydrogen) atoms. The number of carbonyl (C=O) groups excluding carboxylic acids is 1. The lowest BCUT2D eigenvalue weighted by atomic mass is 10.0. The van der Waals surface area contributed by atoms with Crippen LogP contribution in [0.2, 0.25) is 0 Å². The Hall–Kier alpha value is -0.960. The van der Waals surface area contributed by atoms with Gasteiger partial charge in [0.15, 0.2) is 5.78 Å². The predicted octanol–water partition coefficient (Wildman–Crippen LogP) is 4.00. The summed E-state index contributed by atoms with van der Waals surface area (Å²) in [6, 6.07) is 2.37. The molecule has 0 radical (unpaired) electrons. The molecule has 0 amide bonds. The van der Waals surface area contributed by atoms with Gasteiger partial charge in [-0.05, 0) is 34.7 Å². The Balaban J connectivity index is 2.49. The molecule has 0 N–H and O–H groups in total. The van der Waals surface area contributed by atoms with Crippen LogP contribution in [-0.4, -0.2) is 10.8 Å². The zero-order valence-electron chi connectivity index (χ0n) is 8.66. The summed E-state index contributed by atoms with van der Waals surface area (Å²) in [7, 11) is 0. The third kappa shape index (κ3) is 2.72. The van der Waals surface area contributed by atoms with E-state index in [0.717, 1.165) is 21.3 Å². The Morgan fingerprint density at radius 1 is 1.39 bits per heavy atom. The SMILES string of the molecule is O=C(c1csc(I)c1)c1cnccc1C(F)(F)F. The highest BCUT2D eigenvalue weighted by Crippen LogP contribution is 2.32. The molecule has 2 rings (SSSR count). The lowest BCUT2D eigenvalue weighted by Gasteiger charge is -2.10. The van der Waals surface area contributed by atoms with Crippen LogP contribution < -0.4 is 0 Å². The summed E-state index contributed by atoms with van der Waals surface area (Å²) in [6.07, 6.45) is -2.58. The first-order valence-electron chi connectivity index (χ1n) is 4.69. The van der Waals surface area contributed by atoms with Gasteiger partial charge < -0.3 is 0 Å². The number of thiophene rings is 1. The van der Waals surface area contributed by atoms with Crippen molar-refractivity contribution in [1.29, 1.82) is 0 Å². The second-order valence-electron chi connectivity index (χ2n) is 3.39. The van der Waals surface area contributed by atoms with Gasteiger partial charge in [0, 0.05) is 23.3 Å². The molecule has 0 unspecified atom stereocenters. The van der Waals surface area contributed by atoms with Gasteiger partial charge in [-0.1, -0.05) is 0 Å². The molecule has 0 aromatic carbocycles. The summed E-state index contributed by atoms with van der Waals surface area (Å²) in [5.74, 6) is -0.658. The second-order valence-corrected chi connectivity index (χ2v) is 6.19. The summed E-state index contributed by atoms with van der Waals surface area (Å²) < 4.78 is 39.1. The lowest BCUT2D eigenvalue weighted by Crippen LogP contribution is -2.13. The van der Waals surface area contributed by atoms with Gasteiger partial charge in [0.25, 0.3) is 0 Å². The fourth-order valence-corrected chi connectivity index (χ4v) is 2.73. The molecule has 2 aromatic heterocycles. The summed E-state index contributed by atoms with van der Waals surface area (Å²) in [5.41, 5.74) is -1.12. The van der Waals surface area contributed by atoms with Crippen molar-refractivity contribution in [3.05, 3.63) is 49.5 Å². The maximum absolute atomic E-state index is 12.8. The van der Waals surface area contributed by atoms with E-state index in [2.05, 4.69) is 4.98 Å². The normalized spacial score (nSPS) is 11.6. The van der Waals surface area contributed by atoms with Crippen LogP contribution in [0.4, 0.5) is 13.2 Å². The van der Waals surface area contributed by atoms with E-state index in [-0.39, 0.29) is 5.56 Å². The van der Waals surface area contributed by atoms with Crippen molar-refractivity contribution in [2.24, 2.45) is 0 Å². The van der Waals surface area contributed by atoms with E-state index in [1.807, 2.05) is 22.6 Å². The van der Waals surface area contributed by atoms with E-state index in [1.165, 1.54) is 16.7 Å². The number of ketones is 1. The van der Waals surface area contributed by atoms with Gasteiger partial charge in [0.2, 0.25) is 0 Å². The molecule has 0 aliphatic carbocycles.